The van der Waals surface area contributed by atoms with Gasteiger partial charge in [-0.1, -0.05) is 31.1 Å². The molecule has 2 nitrogen and oxygen atoms in total. The first kappa shape index (κ1) is 14.1. The quantitative estimate of drug-likeness (QED) is 0.832. The third-order valence-electron chi connectivity index (χ3n) is 3.82. The van der Waals surface area contributed by atoms with Gasteiger partial charge in [0, 0.05) is 6.42 Å². The van der Waals surface area contributed by atoms with Crippen molar-refractivity contribution in [3.63, 3.8) is 0 Å². The number of hydrogen-bond donors (Lipinski definition) is 1. The Bertz CT molecular complexity index is 423. The zero-order valence-corrected chi connectivity index (χ0v) is 11.8. The van der Waals surface area contributed by atoms with Crippen molar-refractivity contribution in [1.82, 2.24) is 0 Å². The first-order chi connectivity index (χ1) is 9.29. The molecule has 0 saturated carbocycles. The first-order valence-electron chi connectivity index (χ1n) is 7.29. The maximum atomic E-state index is 10.4. The summed E-state index contributed by atoms with van der Waals surface area (Å²) in [6, 6.07) is 7.97. The zero-order valence-electron chi connectivity index (χ0n) is 11.8. The lowest BCUT2D eigenvalue weighted by atomic mass is 9.93. The molecule has 0 bridgehead atoms. The molecule has 1 unspecified atom stereocenters. The Kier molecular flexibility index (Phi) is 5.46. The lowest BCUT2D eigenvalue weighted by Gasteiger charge is -2.17. The Morgan fingerprint density at radius 2 is 2.05 bits per heavy atom. The van der Waals surface area contributed by atoms with Crippen LogP contribution in [0.3, 0.4) is 0 Å². The second kappa shape index (κ2) is 7.34. The average Bonchev–Trinajstić information content (AvgIpc) is 2.38. The fraction of sp³-hybridized carbons (Fsp3) is 0.529. The van der Waals surface area contributed by atoms with Crippen LogP contribution in [0.25, 0.3) is 0 Å². The molecular weight excluding hydrogens is 236 g/mol. The third-order valence-corrected chi connectivity index (χ3v) is 3.82. The van der Waals surface area contributed by atoms with Crippen molar-refractivity contribution >= 4 is 0 Å². The summed E-state index contributed by atoms with van der Waals surface area (Å²) in [5, 5.41) is 10.4. The van der Waals surface area contributed by atoms with Gasteiger partial charge in [0.1, 0.15) is 5.75 Å². The average molecular weight is 260 g/mol. The molecule has 2 heteroatoms. The number of methoxy groups -OCH3 is 1. The van der Waals surface area contributed by atoms with E-state index < -0.39 is 0 Å². The normalized spacial score (nSPS) is 20.8. The van der Waals surface area contributed by atoms with Gasteiger partial charge in [0.25, 0.3) is 0 Å². The Morgan fingerprint density at radius 3 is 2.89 bits per heavy atom. The second-order valence-corrected chi connectivity index (χ2v) is 5.30. The van der Waals surface area contributed by atoms with Crippen molar-refractivity contribution in [3.05, 3.63) is 41.5 Å². The monoisotopic (exact) mass is 260 g/mol. The predicted molar refractivity (Wildman–Crippen MR) is 78.5 cm³/mol. The summed E-state index contributed by atoms with van der Waals surface area (Å²) in [5.41, 5.74) is 2.36. The summed E-state index contributed by atoms with van der Waals surface area (Å²) < 4.78 is 5.22. The molecule has 0 spiro atoms. The molecular formula is C17H24O2. The molecule has 1 aromatic rings. The highest BCUT2D eigenvalue weighted by Gasteiger charge is 2.13. The molecule has 2 rings (SSSR count). The fourth-order valence-corrected chi connectivity index (χ4v) is 2.67. The molecule has 1 aromatic carbocycles. The first-order valence-corrected chi connectivity index (χ1v) is 7.29. The van der Waals surface area contributed by atoms with Gasteiger partial charge in [-0.25, -0.2) is 0 Å². The number of aliphatic hydroxyl groups is 1. The molecule has 0 saturated heterocycles. The van der Waals surface area contributed by atoms with Crippen molar-refractivity contribution in [1.29, 1.82) is 0 Å². The topological polar surface area (TPSA) is 29.5 Å². The fourth-order valence-electron chi connectivity index (χ4n) is 2.67. The van der Waals surface area contributed by atoms with Crippen molar-refractivity contribution < 1.29 is 9.84 Å². The summed E-state index contributed by atoms with van der Waals surface area (Å²) >= 11 is 0. The zero-order chi connectivity index (χ0) is 13.5. The summed E-state index contributed by atoms with van der Waals surface area (Å²) in [5.74, 6) is 0.858. The van der Waals surface area contributed by atoms with Crippen molar-refractivity contribution in [3.8, 4) is 5.75 Å². The maximum absolute atomic E-state index is 10.4. The van der Waals surface area contributed by atoms with E-state index in [0.29, 0.717) is 6.42 Å². The molecule has 1 aliphatic rings. The predicted octanol–water partition coefficient (Wildman–Crippen LogP) is 3.88. The van der Waals surface area contributed by atoms with Gasteiger partial charge in [0.05, 0.1) is 13.2 Å². The molecule has 0 aromatic heterocycles. The molecule has 1 N–H and O–H groups in total. The van der Waals surface area contributed by atoms with Gasteiger partial charge in [0.2, 0.25) is 0 Å². The van der Waals surface area contributed by atoms with E-state index >= 15 is 0 Å². The number of benzene rings is 1. The summed E-state index contributed by atoms with van der Waals surface area (Å²) in [6.45, 7) is 0. The summed E-state index contributed by atoms with van der Waals surface area (Å²) in [7, 11) is 1.67. The van der Waals surface area contributed by atoms with Gasteiger partial charge in [-0.15, -0.1) is 0 Å². The van der Waals surface area contributed by atoms with Gasteiger partial charge in [-0.3, -0.25) is 0 Å². The second-order valence-electron chi connectivity index (χ2n) is 5.30. The largest absolute Gasteiger partial charge is 0.497 e. The minimum absolute atomic E-state index is 0.342. The minimum atomic E-state index is -0.342. The molecule has 19 heavy (non-hydrogen) atoms. The third kappa shape index (κ3) is 4.39. The van der Waals surface area contributed by atoms with Gasteiger partial charge in [0.15, 0.2) is 0 Å². The number of hydrogen-bond acceptors (Lipinski definition) is 2. The Morgan fingerprint density at radius 1 is 1.21 bits per heavy atom. The molecule has 0 heterocycles. The number of aliphatic hydroxyl groups excluding tert-OH is 1. The van der Waals surface area contributed by atoms with Crippen molar-refractivity contribution in [2.45, 2.75) is 51.0 Å². The van der Waals surface area contributed by atoms with Crippen molar-refractivity contribution in [2.75, 3.05) is 7.11 Å². The van der Waals surface area contributed by atoms with E-state index in [-0.39, 0.29) is 6.10 Å². The highest BCUT2D eigenvalue weighted by atomic mass is 16.5. The SMILES string of the molecule is COc1cccc(CC(O)/C2=C/CCCCCC2)c1. The number of ether oxygens (including phenoxy) is 1. The maximum Gasteiger partial charge on any atom is 0.119 e. The van der Waals surface area contributed by atoms with E-state index in [2.05, 4.69) is 12.1 Å². The van der Waals surface area contributed by atoms with E-state index in [1.165, 1.54) is 31.3 Å². The minimum Gasteiger partial charge on any atom is -0.497 e. The molecule has 0 amide bonds. The van der Waals surface area contributed by atoms with Crippen LogP contribution in [0.15, 0.2) is 35.9 Å². The smallest absolute Gasteiger partial charge is 0.119 e. The van der Waals surface area contributed by atoms with Crippen LogP contribution >= 0.6 is 0 Å². The summed E-state index contributed by atoms with van der Waals surface area (Å²) in [4.78, 5) is 0. The molecule has 0 radical (unpaired) electrons. The highest BCUT2D eigenvalue weighted by Crippen LogP contribution is 2.22. The van der Waals surface area contributed by atoms with E-state index in [9.17, 15) is 5.11 Å². The Balaban J connectivity index is 2.00. The van der Waals surface area contributed by atoms with Crippen LogP contribution in [0.5, 0.6) is 5.75 Å². The molecule has 1 aliphatic carbocycles. The van der Waals surface area contributed by atoms with E-state index in [1.54, 1.807) is 7.11 Å². The summed E-state index contributed by atoms with van der Waals surface area (Å²) in [6.07, 6.45) is 9.85. The molecule has 0 fully saturated rings. The number of rotatable bonds is 4. The van der Waals surface area contributed by atoms with Crippen molar-refractivity contribution in [2.24, 2.45) is 0 Å². The Hall–Kier alpha value is -1.28. The van der Waals surface area contributed by atoms with Crippen LogP contribution in [0.2, 0.25) is 0 Å². The van der Waals surface area contributed by atoms with Gasteiger partial charge < -0.3 is 9.84 Å². The lowest BCUT2D eigenvalue weighted by Crippen LogP contribution is -2.14. The van der Waals surface area contributed by atoms with Crippen LogP contribution in [-0.4, -0.2) is 18.3 Å². The van der Waals surface area contributed by atoms with Gasteiger partial charge in [-0.2, -0.15) is 0 Å². The lowest BCUT2D eigenvalue weighted by molar-refractivity contribution is 0.205. The number of allylic oxidation sites excluding steroid dienone is 1. The van der Waals surface area contributed by atoms with Crippen LogP contribution < -0.4 is 4.74 Å². The van der Waals surface area contributed by atoms with Crippen LogP contribution in [0.4, 0.5) is 0 Å². The standard InChI is InChI=1S/C17H24O2/c1-19-16-11-7-8-14(12-16)13-17(18)15-9-5-3-2-4-6-10-15/h7-9,11-12,17-18H,2-6,10,13H2,1H3/b15-9+. The van der Waals surface area contributed by atoms with E-state index in [0.717, 1.165) is 24.2 Å². The van der Waals surface area contributed by atoms with Gasteiger partial charge in [-0.05, 0) is 49.0 Å². The molecule has 104 valence electrons. The molecule has 1 atom stereocenters. The van der Waals surface area contributed by atoms with Gasteiger partial charge >= 0.3 is 0 Å². The van der Waals surface area contributed by atoms with Crippen LogP contribution in [0.1, 0.15) is 44.1 Å². The van der Waals surface area contributed by atoms with E-state index in [1.807, 2.05) is 18.2 Å². The van der Waals surface area contributed by atoms with Crippen LogP contribution in [-0.2, 0) is 6.42 Å². The Labute approximate surface area is 116 Å². The highest BCUT2D eigenvalue weighted by molar-refractivity contribution is 5.30. The molecule has 0 aliphatic heterocycles. The van der Waals surface area contributed by atoms with E-state index in [4.69, 9.17) is 4.74 Å². The van der Waals surface area contributed by atoms with Crippen LogP contribution in [0, 0.1) is 0 Å².